The maximum Gasteiger partial charge on any atom is 0.471 e. The first-order valence-electron chi connectivity index (χ1n) is 4.89. The fourth-order valence-corrected chi connectivity index (χ4v) is 1.23. The second-order valence-corrected chi connectivity index (χ2v) is 3.42. The fourth-order valence-electron chi connectivity index (χ4n) is 1.23. The first-order chi connectivity index (χ1) is 8.75. The second kappa shape index (κ2) is 5.67. The van der Waals surface area contributed by atoms with Crippen LogP contribution in [0.5, 0.6) is 0 Å². The van der Waals surface area contributed by atoms with Crippen LogP contribution in [0, 0.1) is 5.95 Å². The van der Waals surface area contributed by atoms with Crippen molar-refractivity contribution in [2.75, 3.05) is 7.11 Å². The van der Waals surface area contributed by atoms with Gasteiger partial charge in [0.05, 0.1) is 19.1 Å². The molecule has 0 aliphatic rings. The van der Waals surface area contributed by atoms with Crippen molar-refractivity contribution < 1.29 is 31.9 Å². The summed E-state index contributed by atoms with van der Waals surface area (Å²) in [5, 5.41) is 1.42. The molecule has 0 bridgehead atoms. The molecule has 1 aromatic heterocycles. The zero-order valence-corrected chi connectivity index (χ0v) is 9.55. The van der Waals surface area contributed by atoms with Crippen molar-refractivity contribution in [1.82, 2.24) is 15.3 Å². The molecule has 10 heteroatoms. The predicted molar refractivity (Wildman–Crippen MR) is 52.3 cm³/mol. The summed E-state index contributed by atoms with van der Waals surface area (Å²) in [6.07, 6.45) is -4.73. The van der Waals surface area contributed by atoms with Gasteiger partial charge in [0.15, 0.2) is 0 Å². The van der Waals surface area contributed by atoms with Gasteiger partial charge in [-0.1, -0.05) is 0 Å². The average molecular weight is 283 g/mol. The lowest BCUT2D eigenvalue weighted by Crippen LogP contribution is -2.48. The number of nitrogens with one attached hydrogen (secondary N) is 2. The van der Waals surface area contributed by atoms with E-state index in [4.69, 9.17) is 0 Å². The number of ether oxygens (including phenoxy) is 1. The Hall–Kier alpha value is -2.13. The van der Waals surface area contributed by atoms with E-state index < -0.39 is 36.5 Å². The molecule has 1 atom stereocenters. The Balaban J connectivity index is 2.82. The van der Waals surface area contributed by atoms with Crippen molar-refractivity contribution in [1.29, 1.82) is 0 Å². The van der Waals surface area contributed by atoms with Crippen molar-refractivity contribution in [3.63, 3.8) is 0 Å². The van der Waals surface area contributed by atoms with Crippen LogP contribution < -0.4 is 5.32 Å². The van der Waals surface area contributed by atoms with Gasteiger partial charge in [0.25, 0.3) is 0 Å². The Bertz CT molecular complexity index is 472. The van der Waals surface area contributed by atoms with Crippen LogP contribution in [-0.2, 0) is 20.7 Å². The first kappa shape index (κ1) is 14.9. The molecule has 0 aromatic carbocycles. The third-order valence-electron chi connectivity index (χ3n) is 2.12. The van der Waals surface area contributed by atoms with Crippen LogP contribution in [0.25, 0.3) is 0 Å². The van der Waals surface area contributed by atoms with Gasteiger partial charge in [0, 0.05) is 6.42 Å². The van der Waals surface area contributed by atoms with Crippen LogP contribution >= 0.6 is 0 Å². The Kier molecular flexibility index (Phi) is 4.46. The minimum absolute atomic E-state index is 0.224. The summed E-state index contributed by atoms with van der Waals surface area (Å²) in [5.74, 6) is -4.43. The molecule has 1 unspecified atom stereocenters. The number of rotatable bonds is 4. The number of hydrogen-bond acceptors (Lipinski definition) is 4. The molecule has 1 rings (SSSR count). The zero-order valence-electron chi connectivity index (χ0n) is 9.55. The number of alkyl halides is 3. The van der Waals surface area contributed by atoms with E-state index in [0.717, 1.165) is 13.4 Å². The lowest BCUT2D eigenvalue weighted by molar-refractivity contribution is -0.175. The van der Waals surface area contributed by atoms with Crippen LogP contribution in [0.4, 0.5) is 17.6 Å². The van der Waals surface area contributed by atoms with E-state index in [-0.39, 0.29) is 5.69 Å². The number of esters is 1. The fraction of sp³-hybridized carbons (Fsp3) is 0.444. The van der Waals surface area contributed by atoms with E-state index in [1.165, 1.54) is 5.32 Å². The van der Waals surface area contributed by atoms with Gasteiger partial charge >= 0.3 is 18.1 Å². The monoisotopic (exact) mass is 283 g/mol. The molecule has 1 amide bonds. The second-order valence-electron chi connectivity index (χ2n) is 3.42. The van der Waals surface area contributed by atoms with Gasteiger partial charge in [-0.05, 0) is 0 Å². The summed E-state index contributed by atoms with van der Waals surface area (Å²) >= 11 is 0. The molecule has 0 fully saturated rings. The molecule has 0 saturated heterocycles. The van der Waals surface area contributed by atoms with Crippen molar-refractivity contribution in [2.24, 2.45) is 0 Å². The number of carbonyl (C=O) groups is 2. The number of halogens is 4. The highest BCUT2D eigenvalue weighted by Crippen LogP contribution is 2.15. The van der Waals surface area contributed by atoms with Crippen LogP contribution in [0.2, 0.25) is 0 Å². The number of nitrogens with zero attached hydrogens (tertiary/aromatic N) is 1. The van der Waals surface area contributed by atoms with Gasteiger partial charge in [-0.3, -0.25) is 4.79 Å². The number of carbonyl (C=O) groups excluding carboxylic acids is 2. The summed E-state index contributed by atoms with van der Waals surface area (Å²) in [5.41, 5.74) is -0.224. The molecule has 1 aromatic rings. The molecular formula is C9H9F4N3O3. The van der Waals surface area contributed by atoms with Crippen molar-refractivity contribution >= 4 is 11.9 Å². The topological polar surface area (TPSA) is 84.1 Å². The zero-order chi connectivity index (χ0) is 14.6. The summed E-state index contributed by atoms with van der Waals surface area (Å²) in [7, 11) is 0.929. The molecule has 0 spiro atoms. The Morgan fingerprint density at radius 3 is 2.58 bits per heavy atom. The highest BCUT2D eigenvalue weighted by molar-refractivity contribution is 5.87. The highest BCUT2D eigenvalue weighted by Gasteiger charge is 2.41. The standard InChI is InChI=1S/C9H9F4N3O3/c1-19-7(17)5(16-8(18)9(11,12)13)2-4-6(10)15-3-14-4/h3,5H,2H2,1H3,(H,14,15)(H,16,18). The average Bonchev–Trinajstić information content (AvgIpc) is 2.71. The quantitative estimate of drug-likeness (QED) is 0.615. The molecule has 1 heterocycles. The SMILES string of the molecule is COC(=O)C(Cc1[nH]cnc1F)NC(=O)C(F)(F)F. The van der Waals surface area contributed by atoms with Gasteiger partial charge in [-0.15, -0.1) is 0 Å². The molecular weight excluding hydrogens is 274 g/mol. The third-order valence-corrected chi connectivity index (χ3v) is 2.12. The number of amides is 1. The van der Waals surface area contributed by atoms with Gasteiger partial charge in [0.2, 0.25) is 5.95 Å². The number of H-pyrrole nitrogens is 1. The van der Waals surface area contributed by atoms with Gasteiger partial charge in [0.1, 0.15) is 6.04 Å². The lowest BCUT2D eigenvalue weighted by Gasteiger charge is -2.16. The summed E-state index contributed by atoms with van der Waals surface area (Å²) in [6.45, 7) is 0. The van der Waals surface area contributed by atoms with Gasteiger partial charge < -0.3 is 15.0 Å². The van der Waals surface area contributed by atoms with Crippen molar-refractivity contribution in [3.8, 4) is 0 Å². The minimum Gasteiger partial charge on any atom is -0.467 e. The van der Waals surface area contributed by atoms with Crippen molar-refractivity contribution in [2.45, 2.75) is 18.6 Å². The minimum atomic E-state index is -5.15. The molecule has 0 saturated carbocycles. The maximum atomic E-state index is 13.0. The number of aromatic nitrogens is 2. The van der Waals surface area contributed by atoms with E-state index in [2.05, 4.69) is 14.7 Å². The van der Waals surface area contributed by atoms with E-state index in [9.17, 15) is 27.2 Å². The van der Waals surface area contributed by atoms with Crippen LogP contribution in [0.15, 0.2) is 6.33 Å². The van der Waals surface area contributed by atoms with Crippen LogP contribution in [0.3, 0.4) is 0 Å². The smallest absolute Gasteiger partial charge is 0.467 e. The maximum absolute atomic E-state index is 13.0. The summed E-state index contributed by atoms with van der Waals surface area (Å²) in [6, 6.07) is -1.67. The van der Waals surface area contributed by atoms with E-state index >= 15 is 0 Å². The van der Waals surface area contributed by atoms with Gasteiger partial charge in [-0.25, -0.2) is 9.78 Å². The summed E-state index contributed by atoms with van der Waals surface area (Å²) < 4.78 is 53.5. The number of aromatic amines is 1. The predicted octanol–water partition coefficient (Wildman–Crippen LogP) is 0.311. The van der Waals surface area contributed by atoms with Crippen LogP contribution in [-0.4, -0.2) is 41.2 Å². The van der Waals surface area contributed by atoms with E-state index in [0.29, 0.717) is 0 Å². The molecule has 0 aliphatic heterocycles. The Morgan fingerprint density at radius 1 is 1.53 bits per heavy atom. The normalized spacial score (nSPS) is 12.9. The largest absolute Gasteiger partial charge is 0.471 e. The van der Waals surface area contributed by atoms with Crippen molar-refractivity contribution in [3.05, 3.63) is 18.0 Å². The third kappa shape index (κ3) is 3.93. The molecule has 106 valence electrons. The number of hydrogen-bond donors (Lipinski definition) is 2. The number of methoxy groups -OCH3 is 1. The lowest BCUT2D eigenvalue weighted by atomic mass is 10.1. The Morgan fingerprint density at radius 2 is 2.16 bits per heavy atom. The van der Waals surface area contributed by atoms with Gasteiger partial charge in [-0.2, -0.15) is 17.6 Å². The molecule has 19 heavy (non-hydrogen) atoms. The Labute approximate surface area is 104 Å². The first-order valence-corrected chi connectivity index (χ1v) is 4.89. The van der Waals surface area contributed by atoms with E-state index in [1.807, 2.05) is 0 Å². The number of imidazole rings is 1. The molecule has 2 N–H and O–H groups in total. The molecule has 0 radical (unpaired) electrons. The molecule has 0 aliphatic carbocycles. The van der Waals surface area contributed by atoms with Crippen LogP contribution in [0.1, 0.15) is 5.69 Å². The highest BCUT2D eigenvalue weighted by atomic mass is 19.4. The van der Waals surface area contributed by atoms with E-state index in [1.54, 1.807) is 0 Å². The summed E-state index contributed by atoms with van der Waals surface area (Å²) in [4.78, 5) is 27.5. The molecule has 6 nitrogen and oxygen atoms in total.